The van der Waals surface area contributed by atoms with E-state index in [1.807, 2.05) is 13.0 Å². The zero-order chi connectivity index (χ0) is 17.3. The molecule has 5 heteroatoms. The molecule has 1 aromatic heterocycles. The molecule has 0 saturated heterocycles. The van der Waals surface area contributed by atoms with E-state index in [4.69, 9.17) is 5.73 Å². The van der Waals surface area contributed by atoms with Gasteiger partial charge in [0, 0.05) is 24.0 Å². The molecule has 2 atom stereocenters. The number of hydrogen-bond acceptors (Lipinski definition) is 2. The van der Waals surface area contributed by atoms with Crippen LogP contribution in [0.15, 0.2) is 6.07 Å². The minimum absolute atomic E-state index is 0.0664. The maximum absolute atomic E-state index is 12.8. The summed E-state index contributed by atoms with van der Waals surface area (Å²) in [5.41, 5.74) is 8.47. The Labute approximate surface area is 144 Å². The van der Waals surface area contributed by atoms with Gasteiger partial charge in [-0.15, -0.1) is 0 Å². The van der Waals surface area contributed by atoms with Crippen molar-refractivity contribution in [2.75, 3.05) is 0 Å². The first-order valence-electron chi connectivity index (χ1n) is 9.24. The highest BCUT2D eigenvalue weighted by atomic mass is 16.2. The summed E-state index contributed by atoms with van der Waals surface area (Å²) in [6.07, 6.45) is 7.35. The third-order valence-corrected chi connectivity index (χ3v) is 5.65. The topological polar surface area (TPSA) is 77.1 Å². The number of rotatable bonds is 5. The molecule has 0 unspecified atom stereocenters. The molecule has 1 aromatic rings. The van der Waals surface area contributed by atoms with E-state index in [1.54, 1.807) is 0 Å². The molecule has 24 heavy (non-hydrogen) atoms. The Morgan fingerprint density at radius 3 is 2.54 bits per heavy atom. The molecule has 0 bridgehead atoms. The van der Waals surface area contributed by atoms with Gasteiger partial charge in [-0.2, -0.15) is 0 Å². The van der Waals surface area contributed by atoms with E-state index in [2.05, 4.69) is 16.8 Å². The van der Waals surface area contributed by atoms with E-state index >= 15 is 0 Å². The Morgan fingerprint density at radius 1 is 1.17 bits per heavy atom. The average Bonchev–Trinajstić information content (AvgIpc) is 3.32. The van der Waals surface area contributed by atoms with Gasteiger partial charge in [0.05, 0.1) is 11.5 Å². The summed E-state index contributed by atoms with van der Waals surface area (Å²) in [4.78, 5) is 24.6. The molecule has 2 saturated carbocycles. The molecule has 0 spiro atoms. The Bertz CT molecular complexity index is 631. The molecule has 3 rings (SSSR count). The van der Waals surface area contributed by atoms with Crippen LogP contribution in [0.3, 0.4) is 0 Å². The molecule has 2 aliphatic carbocycles. The fraction of sp³-hybridized carbons (Fsp3) is 0.684. The first-order chi connectivity index (χ1) is 11.5. The Hall–Kier alpha value is -1.78. The summed E-state index contributed by atoms with van der Waals surface area (Å²) >= 11 is 0. The van der Waals surface area contributed by atoms with Crippen molar-refractivity contribution >= 4 is 11.8 Å². The van der Waals surface area contributed by atoms with Gasteiger partial charge >= 0.3 is 0 Å². The monoisotopic (exact) mass is 331 g/mol. The highest BCUT2D eigenvalue weighted by Crippen LogP contribution is 2.32. The van der Waals surface area contributed by atoms with E-state index in [1.165, 1.54) is 12.8 Å². The fourth-order valence-electron chi connectivity index (χ4n) is 3.94. The lowest BCUT2D eigenvalue weighted by molar-refractivity contribution is -0.122. The largest absolute Gasteiger partial charge is 0.369 e. The molecular weight excluding hydrogens is 302 g/mol. The molecule has 2 fully saturated rings. The summed E-state index contributed by atoms with van der Waals surface area (Å²) in [6, 6.07) is 1.84. The Kier molecular flexibility index (Phi) is 4.97. The highest BCUT2D eigenvalue weighted by Gasteiger charge is 2.30. The summed E-state index contributed by atoms with van der Waals surface area (Å²) < 4.78 is 2.26. The number of nitrogens with one attached hydrogen (secondary N) is 1. The second kappa shape index (κ2) is 6.99. The zero-order valence-electron chi connectivity index (χ0n) is 14.8. The van der Waals surface area contributed by atoms with Gasteiger partial charge in [-0.25, -0.2) is 0 Å². The van der Waals surface area contributed by atoms with E-state index in [9.17, 15) is 9.59 Å². The van der Waals surface area contributed by atoms with Crippen LogP contribution in [0.2, 0.25) is 0 Å². The van der Waals surface area contributed by atoms with Crippen molar-refractivity contribution in [2.45, 2.75) is 71.4 Å². The molecule has 3 N–H and O–H groups in total. The molecule has 5 nitrogen and oxygen atoms in total. The number of carbonyl (C=O) groups is 2. The van der Waals surface area contributed by atoms with Crippen LogP contribution in [-0.2, 0) is 11.3 Å². The molecule has 0 aromatic carbocycles. The lowest BCUT2D eigenvalue weighted by Crippen LogP contribution is -2.45. The lowest BCUT2D eigenvalue weighted by atomic mass is 9.94. The molecule has 0 radical (unpaired) electrons. The van der Waals surface area contributed by atoms with Gasteiger partial charge in [-0.05, 0) is 51.5 Å². The highest BCUT2D eigenvalue weighted by molar-refractivity contribution is 5.96. The van der Waals surface area contributed by atoms with Gasteiger partial charge in [0.25, 0.3) is 5.91 Å². The SMILES string of the molecule is Cc1cc(C(=O)N[C@@H]2CCCCC[C@@H]2C(N)=O)c(C)n1CC1CC1. The number of nitrogens with zero attached hydrogens (tertiary/aromatic N) is 1. The van der Waals surface area contributed by atoms with Crippen molar-refractivity contribution in [3.8, 4) is 0 Å². The summed E-state index contributed by atoms with van der Waals surface area (Å²) in [5, 5.41) is 3.10. The standard InChI is InChI=1S/C19H29N3O2/c1-12-10-16(13(2)22(12)11-14-8-9-14)19(24)21-17-7-5-3-4-6-15(17)18(20)23/h10,14-15,17H,3-9,11H2,1-2H3,(H2,20,23)(H,21,24)/t15-,17+/m0/s1. The number of hydrogen-bond donors (Lipinski definition) is 2. The van der Waals surface area contributed by atoms with Crippen LogP contribution in [0.25, 0.3) is 0 Å². The molecular formula is C19H29N3O2. The number of amides is 2. The van der Waals surface area contributed by atoms with Crippen molar-refractivity contribution in [1.29, 1.82) is 0 Å². The second-order valence-electron chi connectivity index (χ2n) is 7.57. The molecule has 2 aliphatic rings. The van der Waals surface area contributed by atoms with E-state index < -0.39 is 0 Å². The van der Waals surface area contributed by atoms with E-state index in [0.29, 0.717) is 0 Å². The van der Waals surface area contributed by atoms with Crippen molar-refractivity contribution in [1.82, 2.24) is 9.88 Å². The Morgan fingerprint density at radius 2 is 1.88 bits per heavy atom. The van der Waals surface area contributed by atoms with Gasteiger partial charge in [0.15, 0.2) is 0 Å². The van der Waals surface area contributed by atoms with Crippen LogP contribution in [0, 0.1) is 25.7 Å². The van der Waals surface area contributed by atoms with Gasteiger partial charge < -0.3 is 15.6 Å². The summed E-state index contributed by atoms with van der Waals surface area (Å²) in [6.45, 7) is 5.09. The number of aryl methyl sites for hydroxylation is 1. The van der Waals surface area contributed by atoms with Crippen LogP contribution >= 0.6 is 0 Å². The van der Waals surface area contributed by atoms with Crippen LogP contribution in [0.1, 0.15) is 66.7 Å². The fourth-order valence-corrected chi connectivity index (χ4v) is 3.94. The average molecular weight is 331 g/mol. The number of aromatic nitrogens is 1. The van der Waals surface area contributed by atoms with Crippen LogP contribution < -0.4 is 11.1 Å². The van der Waals surface area contributed by atoms with Crippen LogP contribution in [0.5, 0.6) is 0 Å². The van der Waals surface area contributed by atoms with Gasteiger partial charge in [0.1, 0.15) is 0 Å². The van der Waals surface area contributed by atoms with E-state index in [0.717, 1.165) is 61.5 Å². The normalized spacial score (nSPS) is 24.4. The van der Waals surface area contributed by atoms with Crippen molar-refractivity contribution in [3.63, 3.8) is 0 Å². The minimum Gasteiger partial charge on any atom is -0.369 e. The zero-order valence-corrected chi connectivity index (χ0v) is 14.8. The van der Waals surface area contributed by atoms with Crippen molar-refractivity contribution in [3.05, 3.63) is 23.0 Å². The van der Waals surface area contributed by atoms with Gasteiger partial charge in [0.2, 0.25) is 5.91 Å². The predicted molar refractivity (Wildman–Crippen MR) is 93.7 cm³/mol. The van der Waals surface area contributed by atoms with Crippen LogP contribution in [-0.4, -0.2) is 22.4 Å². The maximum atomic E-state index is 12.8. The second-order valence-corrected chi connectivity index (χ2v) is 7.57. The van der Waals surface area contributed by atoms with Crippen molar-refractivity contribution < 1.29 is 9.59 Å². The maximum Gasteiger partial charge on any atom is 0.253 e. The first kappa shape index (κ1) is 17.1. The van der Waals surface area contributed by atoms with Crippen molar-refractivity contribution in [2.24, 2.45) is 17.6 Å². The van der Waals surface area contributed by atoms with Gasteiger partial charge in [-0.1, -0.05) is 19.3 Å². The summed E-state index contributed by atoms with van der Waals surface area (Å²) in [5.74, 6) is 0.169. The first-order valence-corrected chi connectivity index (χ1v) is 9.24. The smallest absolute Gasteiger partial charge is 0.253 e. The molecule has 132 valence electrons. The lowest BCUT2D eigenvalue weighted by Gasteiger charge is -2.23. The molecule has 1 heterocycles. The quantitative estimate of drug-likeness (QED) is 0.814. The number of nitrogens with two attached hydrogens (primary N) is 1. The minimum atomic E-state index is -0.290. The molecule has 2 amide bonds. The van der Waals surface area contributed by atoms with Gasteiger partial charge in [-0.3, -0.25) is 9.59 Å². The predicted octanol–water partition coefficient (Wildman–Crippen LogP) is 2.68. The Balaban J connectivity index is 1.74. The summed E-state index contributed by atoms with van der Waals surface area (Å²) in [7, 11) is 0. The molecule has 0 aliphatic heterocycles. The number of primary amides is 1. The third-order valence-electron chi connectivity index (χ3n) is 5.65. The number of carbonyl (C=O) groups excluding carboxylic acids is 2. The van der Waals surface area contributed by atoms with E-state index in [-0.39, 0.29) is 23.8 Å². The van der Waals surface area contributed by atoms with Crippen LogP contribution in [0.4, 0.5) is 0 Å². The third kappa shape index (κ3) is 3.65.